The average Bonchev–Trinajstić information content (AvgIpc) is 3.44. The van der Waals surface area contributed by atoms with Gasteiger partial charge in [0.05, 0.1) is 24.3 Å². The average molecular weight is 594 g/mol. The highest BCUT2D eigenvalue weighted by atomic mass is 16.5. The van der Waals surface area contributed by atoms with E-state index in [1.807, 2.05) is 53.6 Å². The molecule has 1 saturated carbocycles. The smallest absolute Gasteiger partial charge is 0.256 e. The summed E-state index contributed by atoms with van der Waals surface area (Å²) in [5, 5.41) is 4.16. The molecule has 6 rings (SSSR count). The first kappa shape index (κ1) is 29.9. The minimum Gasteiger partial charge on any atom is -0.489 e. The van der Waals surface area contributed by atoms with Gasteiger partial charge in [-0.3, -0.25) is 9.59 Å². The number of benzene rings is 3. The molecule has 1 aliphatic carbocycles. The summed E-state index contributed by atoms with van der Waals surface area (Å²) in [6.07, 6.45) is 10.8. The van der Waals surface area contributed by atoms with Crippen LogP contribution in [-0.4, -0.2) is 53.6 Å². The highest BCUT2D eigenvalue weighted by Crippen LogP contribution is 2.28. The molecule has 1 N–H and O–H groups in total. The molecular formula is C37H43N3O4. The third-order valence-corrected chi connectivity index (χ3v) is 8.90. The molecule has 2 fully saturated rings. The van der Waals surface area contributed by atoms with Gasteiger partial charge in [0, 0.05) is 48.9 Å². The van der Waals surface area contributed by atoms with E-state index in [9.17, 15) is 9.59 Å². The summed E-state index contributed by atoms with van der Waals surface area (Å²) in [4.78, 5) is 28.1. The summed E-state index contributed by atoms with van der Waals surface area (Å²) in [5.41, 5.74) is 4.83. The molecule has 1 saturated heterocycles. The Bertz CT molecular complexity index is 1530. The second kappa shape index (κ2) is 14.6. The summed E-state index contributed by atoms with van der Waals surface area (Å²) < 4.78 is 13.8. The van der Waals surface area contributed by atoms with Gasteiger partial charge in [-0.2, -0.15) is 0 Å². The number of aromatic nitrogens is 1. The van der Waals surface area contributed by atoms with Crippen molar-refractivity contribution < 1.29 is 19.1 Å². The Balaban J connectivity index is 1.10. The molecule has 3 aromatic carbocycles. The fraction of sp³-hybridized carbons (Fsp3) is 0.405. The molecule has 7 nitrogen and oxygen atoms in total. The van der Waals surface area contributed by atoms with Crippen molar-refractivity contribution in [2.75, 3.05) is 26.3 Å². The number of unbranched alkanes of at least 4 members (excludes halogenated alkanes) is 1. The van der Waals surface area contributed by atoms with Crippen LogP contribution in [0.25, 0.3) is 10.9 Å². The normalized spacial score (nSPS) is 15.8. The number of carbonyl (C=O) groups excluding carboxylic acids is 2. The molecule has 0 atom stereocenters. The first-order valence-corrected chi connectivity index (χ1v) is 16.2. The van der Waals surface area contributed by atoms with Gasteiger partial charge < -0.3 is 24.3 Å². The molecule has 1 aromatic heterocycles. The van der Waals surface area contributed by atoms with E-state index in [0.29, 0.717) is 39.0 Å². The summed E-state index contributed by atoms with van der Waals surface area (Å²) in [6.45, 7) is 3.68. The number of ether oxygens (including phenoxy) is 2. The number of morpholine rings is 1. The molecule has 1 aliphatic heterocycles. The van der Waals surface area contributed by atoms with Crippen molar-refractivity contribution in [3.05, 3.63) is 101 Å². The lowest BCUT2D eigenvalue weighted by atomic mass is 9.95. The molecule has 0 spiro atoms. The van der Waals surface area contributed by atoms with E-state index >= 15 is 0 Å². The summed E-state index contributed by atoms with van der Waals surface area (Å²) in [7, 11) is 0. The van der Waals surface area contributed by atoms with Gasteiger partial charge in [0.1, 0.15) is 12.4 Å². The summed E-state index contributed by atoms with van der Waals surface area (Å²) >= 11 is 0. The quantitative estimate of drug-likeness (QED) is 0.195. The molecule has 2 heterocycles. The second-order valence-electron chi connectivity index (χ2n) is 12.1. The van der Waals surface area contributed by atoms with Crippen molar-refractivity contribution >= 4 is 22.7 Å². The van der Waals surface area contributed by atoms with Gasteiger partial charge in [0.15, 0.2) is 0 Å². The molecular weight excluding hydrogens is 550 g/mol. The largest absolute Gasteiger partial charge is 0.489 e. The van der Waals surface area contributed by atoms with Gasteiger partial charge in [-0.25, -0.2) is 0 Å². The number of nitrogens with one attached hydrogen (secondary N) is 1. The van der Waals surface area contributed by atoms with Crippen molar-refractivity contribution in [3.8, 4) is 5.75 Å². The Morgan fingerprint density at radius 3 is 2.41 bits per heavy atom. The van der Waals surface area contributed by atoms with Crippen LogP contribution in [0, 0.1) is 0 Å². The summed E-state index contributed by atoms with van der Waals surface area (Å²) in [5.74, 6) is 0.888. The van der Waals surface area contributed by atoms with Crippen LogP contribution in [0.3, 0.4) is 0 Å². The maximum atomic E-state index is 13.5. The van der Waals surface area contributed by atoms with Gasteiger partial charge in [-0.1, -0.05) is 61.7 Å². The van der Waals surface area contributed by atoms with Crippen molar-refractivity contribution in [3.63, 3.8) is 0 Å². The lowest BCUT2D eigenvalue weighted by Crippen LogP contribution is -2.40. The van der Waals surface area contributed by atoms with E-state index in [4.69, 9.17) is 9.47 Å². The Kier molecular flexibility index (Phi) is 9.93. The Morgan fingerprint density at radius 2 is 1.64 bits per heavy atom. The first-order valence-electron chi connectivity index (χ1n) is 16.2. The maximum absolute atomic E-state index is 13.5. The molecule has 2 aliphatic rings. The highest BCUT2D eigenvalue weighted by Gasteiger charge is 2.23. The molecule has 44 heavy (non-hydrogen) atoms. The predicted molar refractivity (Wildman–Crippen MR) is 173 cm³/mol. The molecule has 2 amide bonds. The topological polar surface area (TPSA) is 72.8 Å². The zero-order chi connectivity index (χ0) is 30.1. The van der Waals surface area contributed by atoms with E-state index < -0.39 is 0 Å². The van der Waals surface area contributed by atoms with E-state index in [-0.39, 0.29) is 11.8 Å². The van der Waals surface area contributed by atoms with E-state index in [0.717, 1.165) is 72.0 Å². The number of aryl methyl sites for hydroxylation is 2. The van der Waals surface area contributed by atoms with Crippen LogP contribution in [-0.2, 0) is 24.3 Å². The molecule has 0 radical (unpaired) electrons. The van der Waals surface area contributed by atoms with Gasteiger partial charge in [-0.15, -0.1) is 0 Å². The molecule has 7 heteroatoms. The zero-order valence-electron chi connectivity index (χ0n) is 25.5. The minimum absolute atomic E-state index is 0.0393. The molecule has 0 unspecified atom stereocenters. The van der Waals surface area contributed by atoms with Gasteiger partial charge in [0.25, 0.3) is 11.8 Å². The number of nitrogens with zero attached hydrogens (tertiary/aromatic N) is 2. The number of rotatable bonds is 11. The van der Waals surface area contributed by atoms with Crippen LogP contribution >= 0.6 is 0 Å². The second-order valence-corrected chi connectivity index (χ2v) is 12.1. The van der Waals surface area contributed by atoms with Gasteiger partial charge in [-0.05, 0) is 67.5 Å². The maximum Gasteiger partial charge on any atom is 0.256 e. The lowest BCUT2D eigenvalue weighted by molar-refractivity contribution is 0.0304. The standard InChI is InChI=1S/C37H43N3O4/c41-36(38-31-12-5-2-6-13-31)30-16-14-28(15-17-30)9-7-8-20-40-26-34(37(42)39-21-23-43-24-22-39)33-19-18-32(25-35(33)40)44-27-29-10-3-1-4-11-29/h1,3-4,10-11,14-19,25-26,31H,2,5-9,12-13,20-24,27H2,(H,38,41). The molecule has 230 valence electrons. The number of carbonyl (C=O) groups is 2. The number of amides is 2. The van der Waals surface area contributed by atoms with Crippen LogP contribution in [0.5, 0.6) is 5.75 Å². The van der Waals surface area contributed by atoms with Crippen LogP contribution in [0.4, 0.5) is 0 Å². The van der Waals surface area contributed by atoms with E-state index in [2.05, 4.69) is 40.2 Å². The molecule has 4 aromatic rings. The Hall–Kier alpha value is -4.10. The molecule has 0 bridgehead atoms. The third kappa shape index (κ3) is 7.51. The van der Waals surface area contributed by atoms with E-state index in [1.54, 1.807) is 0 Å². The monoisotopic (exact) mass is 593 g/mol. The number of hydrogen-bond donors (Lipinski definition) is 1. The van der Waals surface area contributed by atoms with Gasteiger partial charge in [0.2, 0.25) is 0 Å². The summed E-state index contributed by atoms with van der Waals surface area (Å²) in [6, 6.07) is 24.6. The van der Waals surface area contributed by atoms with E-state index in [1.165, 1.54) is 24.8 Å². The van der Waals surface area contributed by atoms with Crippen LogP contribution in [0.2, 0.25) is 0 Å². The zero-order valence-corrected chi connectivity index (χ0v) is 25.5. The fourth-order valence-electron chi connectivity index (χ4n) is 6.34. The predicted octanol–water partition coefficient (Wildman–Crippen LogP) is 6.78. The van der Waals surface area contributed by atoms with Crippen molar-refractivity contribution in [1.29, 1.82) is 0 Å². The number of fused-ring (bicyclic) bond motifs is 1. The van der Waals surface area contributed by atoms with Crippen LogP contribution in [0.1, 0.15) is 76.8 Å². The van der Waals surface area contributed by atoms with Crippen LogP contribution < -0.4 is 10.1 Å². The van der Waals surface area contributed by atoms with Crippen molar-refractivity contribution in [2.45, 2.75) is 70.6 Å². The van der Waals surface area contributed by atoms with Crippen LogP contribution in [0.15, 0.2) is 79.0 Å². The third-order valence-electron chi connectivity index (χ3n) is 8.90. The first-order chi connectivity index (χ1) is 21.6. The SMILES string of the molecule is O=C(NC1CCCCC1)c1ccc(CCCCn2cc(C(=O)N3CCOCC3)c3ccc(OCc4ccccc4)cc32)cc1. The Morgan fingerprint density at radius 1 is 0.864 bits per heavy atom. The highest BCUT2D eigenvalue weighted by molar-refractivity contribution is 6.07. The van der Waals surface area contributed by atoms with Crippen molar-refractivity contribution in [1.82, 2.24) is 14.8 Å². The minimum atomic E-state index is 0.0393. The Labute approximate surface area is 260 Å². The fourth-order valence-corrected chi connectivity index (χ4v) is 6.34. The lowest BCUT2D eigenvalue weighted by Gasteiger charge is -2.26. The van der Waals surface area contributed by atoms with Gasteiger partial charge >= 0.3 is 0 Å². The number of hydrogen-bond acceptors (Lipinski definition) is 4. The van der Waals surface area contributed by atoms with Crippen molar-refractivity contribution in [2.24, 2.45) is 0 Å².